The highest BCUT2D eigenvalue weighted by Crippen LogP contribution is 2.36. The number of anilines is 1. The predicted octanol–water partition coefficient (Wildman–Crippen LogP) is 3.41. The molecule has 156 valence electrons. The SMILES string of the molecule is CC[C@H](NC(=O)[C@H]1CN(S(C)(=O)=O)c2cc(C)ccc2O1)c1ccc(C)c(C)c1. The van der Waals surface area contributed by atoms with E-state index in [-0.39, 0.29) is 18.5 Å². The molecular formula is C22H28N2O4S. The smallest absolute Gasteiger partial charge is 0.263 e. The minimum absolute atomic E-state index is 0.0511. The first-order valence-electron chi connectivity index (χ1n) is 9.72. The summed E-state index contributed by atoms with van der Waals surface area (Å²) in [4.78, 5) is 13.0. The summed E-state index contributed by atoms with van der Waals surface area (Å²) in [5.74, 6) is 0.0709. The maximum Gasteiger partial charge on any atom is 0.263 e. The first-order valence-corrected chi connectivity index (χ1v) is 11.6. The Morgan fingerprint density at radius 3 is 2.52 bits per heavy atom. The molecule has 1 aliphatic heterocycles. The number of hydrogen-bond acceptors (Lipinski definition) is 4. The predicted molar refractivity (Wildman–Crippen MR) is 115 cm³/mol. The molecule has 0 saturated heterocycles. The third kappa shape index (κ3) is 4.56. The standard InChI is InChI=1S/C22H28N2O4S/c1-6-18(17-9-8-15(3)16(4)12-17)23-22(25)21-13-24(29(5,26)27)19-11-14(2)7-10-20(19)28-21/h7-12,18,21H,6,13H2,1-5H3,(H,23,25)/t18-,21+/m0/s1. The van der Waals surface area contributed by atoms with Crippen molar-refractivity contribution in [1.29, 1.82) is 0 Å². The Morgan fingerprint density at radius 1 is 1.17 bits per heavy atom. The zero-order chi connectivity index (χ0) is 21.3. The number of benzene rings is 2. The summed E-state index contributed by atoms with van der Waals surface area (Å²) in [6.45, 7) is 7.93. The van der Waals surface area contributed by atoms with Crippen LogP contribution in [0.15, 0.2) is 36.4 Å². The molecule has 0 radical (unpaired) electrons. The van der Waals surface area contributed by atoms with Crippen molar-refractivity contribution >= 4 is 21.6 Å². The summed E-state index contributed by atoms with van der Waals surface area (Å²) in [5.41, 5.74) is 4.77. The molecule has 0 saturated carbocycles. The van der Waals surface area contributed by atoms with E-state index >= 15 is 0 Å². The van der Waals surface area contributed by atoms with Crippen LogP contribution in [0.2, 0.25) is 0 Å². The fraction of sp³-hybridized carbons (Fsp3) is 0.409. The van der Waals surface area contributed by atoms with Gasteiger partial charge < -0.3 is 10.1 Å². The van der Waals surface area contributed by atoms with Crippen molar-refractivity contribution in [3.8, 4) is 5.75 Å². The molecule has 3 rings (SSSR count). The fourth-order valence-electron chi connectivity index (χ4n) is 3.48. The number of aryl methyl sites for hydroxylation is 3. The number of carbonyl (C=O) groups is 1. The number of hydrogen-bond donors (Lipinski definition) is 1. The maximum absolute atomic E-state index is 13.0. The second-order valence-electron chi connectivity index (χ2n) is 7.68. The number of ether oxygens (including phenoxy) is 1. The van der Waals surface area contributed by atoms with E-state index in [1.165, 1.54) is 9.87 Å². The minimum Gasteiger partial charge on any atom is -0.476 e. The molecule has 0 spiro atoms. The van der Waals surface area contributed by atoms with Gasteiger partial charge in [0.1, 0.15) is 5.75 Å². The van der Waals surface area contributed by atoms with Crippen molar-refractivity contribution in [3.63, 3.8) is 0 Å². The van der Waals surface area contributed by atoms with Crippen molar-refractivity contribution in [3.05, 3.63) is 58.7 Å². The van der Waals surface area contributed by atoms with E-state index in [1.807, 2.05) is 45.9 Å². The van der Waals surface area contributed by atoms with Gasteiger partial charge >= 0.3 is 0 Å². The summed E-state index contributed by atoms with van der Waals surface area (Å²) >= 11 is 0. The summed E-state index contributed by atoms with van der Waals surface area (Å²) < 4.78 is 31.8. The lowest BCUT2D eigenvalue weighted by molar-refractivity contribution is -0.128. The van der Waals surface area contributed by atoms with Gasteiger partial charge in [0.2, 0.25) is 10.0 Å². The molecule has 0 fully saturated rings. The summed E-state index contributed by atoms with van der Waals surface area (Å²) in [7, 11) is -3.55. The van der Waals surface area contributed by atoms with Gasteiger partial charge in [-0.1, -0.05) is 31.2 Å². The maximum atomic E-state index is 13.0. The molecule has 2 aromatic rings. The van der Waals surface area contributed by atoms with Crippen LogP contribution in [0, 0.1) is 20.8 Å². The number of nitrogens with zero attached hydrogens (tertiary/aromatic N) is 1. The number of carbonyl (C=O) groups excluding carboxylic acids is 1. The van der Waals surface area contributed by atoms with E-state index in [0.29, 0.717) is 17.9 Å². The van der Waals surface area contributed by atoms with Crippen LogP contribution < -0.4 is 14.4 Å². The van der Waals surface area contributed by atoms with Gasteiger partial charge in [-0.2, -0.15) is 0 Å². The molecule has 6 nitrogen and oxygen atoms in total. The van der Waals surface area contributed by atoms with Crippen molar-refractivity contribution in [1.82, 2.24) is 5.32 Å². The quantitative estimate of drug-likeness (QED) is 0.811. The minimum atomic E-state index is -3.55. The van der Waals surface area contributed by atoms with Crippen molar-refractivity contribution in [2.75, 3.05) is 17.1 Å². The second-order valence-corrected chi connectivity index (χ2v) is 9.59. The lowest BCUT2D eigenvalue weighted by Crippen LogP contribution is -2.51. The van der Waals surface area contributed by atoms with Crippen molar-refractivity contribution in [2.45, 2.75) is 46.3 Å². The number of fused-ring (bicyclic) bond motifs is 1. The Bertz CT molecular complexity index is 1030. The van der Waals surface area contributed by atoms with Crippen LogP contribution >= 0.6 is 0 Å². The number of sulfonamides is 1. The zero-order valence-electron chi connectivity index (χ0n) is 17.5. The highest BCUT2D eigenvalue weighted by atomic mass is 32.2. The average Bonchev–Trinajstić information content (AvgIpc) is 2.66. The Balaban J connectivity index is 1.85. The van der Waals surface area contributed by atoms with Crippen LogP contribution in [-0.2, 0) is 14.8 Å². The molecule has 2 aromatic carbocycles. The molecular weight excluding hydrogens is 388 g/mol. The van der Waals surface area contributed by atoms with Crippen LogP contribution in [0.1, 0.15) is 41.6 Å². The molecule has 0 bridgehead atoms. The van der Waals surface area contributed by atoms with E-state index in [2.05, 4.69) is 11.4 Å². The Kier molecular flexibility index (Phi) is 5.89. The topological polar surface area (TPSA) is 75.7 Å². The third-order valence-corrected chi connectivity index (χ3v) is 6.48. The first kappa shape index (κ1) is 21.2. The van der Waals surface area contributed by atoms with Crippen LogP contribution in [0.25, 0.3) is 0 Å². The van der Waals surface area contributed by atoms with Gasteiger partial charge in [0.15, 0.2) is 6.10 Å². The number of rotatable bonds is 5. The fourth-order valence-corrected chi connectivity index (χ4v) is 4.39. The second kappa shape index (κ2) is 8.06. The van der Waals surface area contributed by atoms with E-state index in [4.69, 9.17) is 4.74 Å². The van der Waals surface area contributed by atoms with E-state index in [0.717, 1.165) is 22.9 Å². The van der Waals surface area contributed by atoms with E-state index in [9.17, 15) is 13.2 Å². The van der Waals surface area contributed by atoms with Gasteiger partial charge in [0, 0.05) is 0 Å². The van der Waals surface area contributed by atoms with Crippen LogP contribution in [0.4, 0.5) is 5.69 Å². The van der Waals surface area contributed by atoms with Crippen LogP contribution in [0.5, 0.6) is 5.75 Å². The van der Waals surface area contributed by atoms with Crippen molar-refractivity contribution in [2.24, 2.45) is 0 Å². The molecule has 1 amide bonds. The Morgan fingerprint density at radius 2 is 1.90 bits per heavy atom. The molecule has 1 N–H and O–H groups in total. The molecule has 1 aliphatic rings. The van der Waals surface area contributed by atoms with Gasteiger partial charge in [0.25, 0.3) is 5.91 Å². The van der Waals surface area contributed by atoms with Crippen molar-refractivity contribution < 1.29 is 17.9 Å². The molecule has 1 heterocycles. The van der Waals surface area contributed by atoms with E-state index in [1.54, 1.807) is 12.1 Å². The third-order valence-electron chi connectivity index (χ3n) is 5.33. The van der Waals surface area contributed by atoms with Gasteiger partial charge in [-0.3, -0.25) is 9.10 Å². The molecule has 2 atom stereocenters. The van der Waals surface area contributed by atoms with Gasteiger partial charge in [-0.15, -0.1) is 0 Å². The molecule has 7 heteroatoms. The Labute approximate surface area is 172 Å². The van der Waals surface area contributed by atoms with Crippen LogP contribution in [0.3, 0.4) is 0 Å². The van der Waals surface area contributed by atoms with Crippen LogP contribution in [-0.4, -0.2) is 33.2 Å². The lowest BCUT2D eigenvalue weighted by Gasteiger charge is -2.34. The summed E-state index contributed by atoms with van der Waals surface area (Å²) in [5, 5.41) is 3.03. The number of amides is 1. The van der Waals surface area contributed by atoms with E-state index < -0.39 is 16.1 Å². The highest BCUT2D eigenvalue weighted by Gasteiger charge is 2.35. The molecule has 0 unspecified atom stereocenters. The summed E-state index contributed by atoms with van der Waals surface area (Å²) in [6, 6.07) is 11.3. The largest absolute Gasteiger partial charge is 0.476 e. The average molecular weight is 417 g/mol. The highest BCUT2D eigenvalue weighted by molar-refractivity contribution is 7.92. The molecule has 0 aromatic heterocycles. The Hall–Kier alpha value is -2.54. The first-order chi connectivity index (χ1) is 13.6. The normalized spacial score (nSPS) is 17.3. The number of nitrogens with one attached hydrogen (secondary N) is 1. The molecule has 29 heavy (non-hydrogen) atoms. The van der Waals surface area contributed by atoms with Gasteiger partial charge in [0.05, 0.1) is 24.5 Å². The zero-order valence-corrected chi connectivity index (χ0v) is 18.3. The monoisotopic (exact) mass is 416 g/mol. The molecule has 0 aliphatic carbocycles. The van der Waals surface area contributed by atoms with Gasteiger partial charge in [-0.05, 0) is 61.6 Å². The summed E-state index contributed by atoms with van der Waals surface area (Å²) in [6.07, 6.45) is 0.941. The van der Waals surface area contributed by atoms with Gasteiger partial charge in [-0.25, -0.2) is 8.42 Å². The lowest BCUT2D eigenvalue weighted by atomic mass is 9.99.